The second-order valence-electron chi connectivity index (χ2n) is 3.97. The third kappa shape index (κ3) is 2.27. The maximum atomic E-state index is 6.27. The number of rotatable bonds is 3. The van der Waals surface area contributed by atoms with E-state index in [0.717, 1.165) is 29.0 Å². The molecule has 2 aromatic rings. The molecular formula is C13H15ClN2. The molecule has 2 nitrogen and oxygen atoms in total. The van der Waals surface area contributed by atoms with Crippen LogP contribution in [0.2, 0.25) is 5.02 Å². The molecule has 0 spiro atoms. The van der Waals surface area contributed by atoms with Gasteiger partial charge < -0.3 is 0 Å². The van der Waals surface area contributed by atoms with Crippen molar-refractivity contribution < 1.29 is 0 Å². The third-order valence-electron chi connectivity index (χ3n) is 2.59. The predicted molar refractivity (Wildman–Crippen MR) is 67.6 cm³/mol. The molecule has 0 saturated heterocycles. The lowest BCUT2D eigenvalue weighted by Crippen LogP contribution is -1.86. The molecule has 0 amide bonds. The molecule has 0 fully saturated rings. The van der Waals surface area contributed by atoms with Gasteiger partial charge in [-0.15, -0.1) is 0 Å². The van der Waals surface area contributed by atoms with Gasteiger partial charge in [-0.3, -0.25) is 4.68 Å². The fourth-order valence-electron chi connectivity index (χ4n) is 1.80. The molecule has 0 unspecified atom stereocenters. The SMILES string of the molecule is CCCc1ccc(-c2cnn(C)c2)c(Cl)c1. The zero-order valence-corrected chi connectivity index (χ0v) is 10.3. The first-order valence-electron chi connectivity index (χ1n) is 5.48. The average Bonchev–Trinajstić information content (AvgIpc) is 2.65. The summed E-state index contributed by atoms with van der Waals surface area (Å²) in [6.07, 6.45) is 6.02. The minimum atomic E-state index is 0.805. The van der Waals surface area contributed by atoms with Gasteiger partial charge in [0.1, 0.15) is 0 Å². The standard InChI is InChI=1S/C13H15ClN2/c1-3-4-10-5-6-12(13(14)7-10)11-8-15-16(2)9-11/h5-9H,3-4H2,1-2H3. The fourth-order valence-corrected chi connectivity index (χ4v) is 2.11. The van der Waals surface area contributed by atoms with Gasteiger partial charge in [0.2, 0.25) is 0 Å². The Morgan fingerprint density at radius 3 is 2.75 bits per heavy atom. The minimum absolute atomic E-state index is 0.805. The van der Waals surface area contributed by atoms with Crippen LogP contribution >= 0.6 is 11.6 Å². The summed E-state index contributed by atoms with van der Waals surface area (Å²) < 4.78 is 1.78. The van der Waals surface area contributed by atoms with E-state index in [1.807, 2.05) is 25.5 Å². The Kier molecular flexibility index (Phi) is 3.30. The molecule has 1 aromatic carbocycles. The lowest BCUT2D eigenvalue weighted by Gasteiger charge is -2.04. The minimum Gasteiger partial charge on any atom is -0.275 e. The Balaban J connectivity index is 2.36. The lowest BCUT2D eigenvalue weighted by molar-refractivity contribution is 0.768. The van der Waals surface area contributed by atoms with Crippen molar-refractivity contribution in [3.8, 4) is 11.1 Å². The van der Waals surface area contributed by atoms with E-state index in [1.165, 1.54) is 5.56 Å². The second-order valence-corrected chi connectivity index (χ2v) is 4.37. The van der Waals surface area contributed by atoms with E-state index in [0.29, 0.717) is 0 Å². The summed E-state index contributed by atoms with van der Waals surface area (Å²) in [5.74, 6) is 0. The largest absolute Gasteiger partial charge is 0.275 e. The predicted octanol–water partition coefficient (Wildman–Crippen LogP) is 3.69. The summed E-state index contributed by atoms with van der Waals surface area (Å²) in [4.78, 5) is 0. The van der Waals surface area contributed by atoms with Crippen molar-refractivity contribution in [1.29, 1.82) is 0 Å². The molecule has 3 heteroatoms. The second kappa shape index (κ2) is 4.71. The summed E-state index contributed by atoms with van der Waals surface area (Å²) in [5.41, 5.74) is 3.41. The maximum absolute atomic E-state index is 6.27. The number of nitrogens with zero attached hydrogens (tertiary/aromatic N) is 2. The van der Waals surface area contributed by atoms with Gasteiger partial charge in [-0.25, -0.2) is 0 Å². The van der Waals surface area contributed by atoms with Crippen molar-refractivity contribution in [2.45, 2.75) is 19.8 Å². The fraction of sp³-hybridized carbons (Fsp3) is 0.308. The van der Waals surface area contributed by atoms with Crippen LogP contribution in [0.4, 0.5) is 0 Å². The van der Waals surface area contributed by atoms with Crippen LogP contribution in [-0.4, -0.2) is 9.78 Å². The van der Waals surface area contributed by atoms with Crippen molar-refractivity contribution in [3.05, 3.63) is 41.2 Å². The van der Waals surface area contributed by atoms with Gasteiger partial charge in [0, 0.05) is 29.4 Å². The van der Waals surface area contributed by atoms with Crippen molar-refractivity contribution >= 4 is 11.6 Å². The van der Waals surface area contributed by atoms with Crippen LogP contribution in [-0.2, 0) is 13.5 Å². The first-order chi connectivity index (χ1) is 7.70. The topological polar surface area (TPSA) is 17.8 Å². The Hall–Kier alpha value is -1.28. The highest BCUT2D eigenvalue weighted by atomic mass is 35.5. The van der Waals surface area contributed by atoms with Gasteiger partial charge in [-0.2, -0.15) is 5.10 Å². The Bertz CT molecular complexity index is 488. The van der Waals surface area contributed by atoms with Crippen LogP contribution < -0.4 is 0 Å². The molecule has 0 aliphatic rings. The number of benzene rings is 1. The molecule has 1 aromatic heterocycles. The van der Waals surface area contributed by atoms with Gasteiger partial charge in [0.15, 0.2) is 0 Å². The van der Waals surface area contributed by atoms with Gasteiger partial charge in [-0.1, -0.05) is 37.1 Å². The molecule has 0 aliphatic carbocycles. The zero-order valence-electron chi connectivity index (χ0n) is 9.57. The lowest BCUT2D eigenvalue weighted by atomic mass is 10.0. The number of aryl methyl sites for hydroxylation is 2. The highest BCUT2D eigenvalue weighted by Gasteiger charge is 2.06. The van der Waals surface area contributed by atoms with Crippen LogP contribution in [0.25, 0.3) is 11.1 Å². The number of hydrogen-bond acceptors (Lipinski definition) is 1. The zero-order chi connectivity index (χ0) is 11.5. The smallest absolute Gasteiger partial charge is 0.0568 e. The van der Waals surface area contributed by atoms with Crippen molar-refractivity contribution in [1.82, 2.24) is 9.78 Å². The van der Waals surface area contributed by atoms with E-state index in [4.69, 9.17) is 11.6 Å². The molecule has 0 aliphatic heterocycles. The van der Waals surface area contributed by atoms with Crippen molar-refractivity contribution in [2.75, 3.05) is 0 Å². The first-order valence-corrected chi connectivity index (χ1v) is 5.86. The number of aromatic nitrogens is 2. The molecule has 0 bridgehead atoms. The van der Waals surface area contributed by atoms with Crippen LogP contribution in [0.1, 0.15) is 18.9 Å². The van der Waals surface area contributed by atoms with E-state index in [1.54, 1.807) is 4.68 Å². The molecular weight excluding hydrogens is 220 g/mol. The van der Waals surface area contributed by atoms with E-state index in [2.05, 4.69) is 24.2 Å². The normalized spacial score (nSPS) is 10.7. The quantitative estimate of drug-likeness (QED) is 0.792. The highest BCUT2D eigenvalue weighted by molar-refractivity contribution is 6.33. The molecule has 0 N–H and O–H groups in total. The van der Waals surface area contributed by atoms with E-state index < -0.39 is 0 Å². The van der Waals surface area contributed by atoms with Crippen molar-refractivity contribution in [2.24, 2.45) is 7.05 Å². The van der Waals surface area contributed by atoms with E-state index >= 15 is 0 Å². The van der Waals surface area contributed by atoms with Gasteiger partial charge in [0.05, 0.1) is 6.20 Å². The van der Waals surface area contributed by atoms with Crippen LogP contribution in [0.5, 0.6) is 0 Å². The summed E-state index contributed by atoms with van der Waals surface area (Å²) in [6, 6.07) is 6.26. The highest BCUT2D eigenvalue weighted by Crippen LogP contribution is 2.28. The summed E-state index contributed by atoms with van der Waals surface area (Å²) >= 11 is 6.27. The van der Waals surface area contributed by atoms with Crippen LogP contribution in [0, 0.1) is 0 Å². The van der Waals surface area contributed by atoms with E-state index in [-0.39, 0.29) is 0 Å². The molecule has 16 heavy (non-hydrogen) atoms. The van der Waals surface area contributed by atoms with Gasteiger partial charge in [-0.05, 0) is 18.1 Å². The molecule has 1 heterocycles. The van der Waals surface area contributed by atoms with E-state index in [9.17, 15) is 0 Å². The Labute approximate surface area is 101 Å². The Morgan fingerprint density at radius 2 is 2.19 bits per heavy atom. The number of hydrogen-bond donors (Lipinski definition) is 0. The third-order valence-corrected chi connectivity index (χ3v) is 2.90. The van der Waals surface area contributed by atoms with Gasteiger partial charge in [0.25, 0.3) is 0 Å². The van der Waals surface area contributed by atoms with Gasteiger partial charge >= 0.3 is 0 Å². The molecule has 0 atom stereocenters. The van der Waals surface area contributed by atoms with Crippen LogP contribution in [0.3, 0.4) is 0 Å². The summed E-state index contributed by atoms with van der Waals surface area (Å²) in [7, 11) is 1.91. The summed E-state index contributed by atoms with van der Waals surface area (Å²) in [5, 5.41) is 4.96. The molecule has 0 saturated carbocycles. The first kappa shape index (κ1) is 11.2. The Morgan fingerprint density at radius 1 is 1.38 bits per heavy atom. The molecule has 84 valence electrons. The maximum Gasteiger partial charge on any atom is 0.0568 e. The number of halogens is 1. The molecule has 0 radical (unpaired) electrons. The summed E-state index contributed by atoms with van der Waals surface area (Å²) in [6.45, 7) is 2.17. The monoisotopic (exact) mass is 234 g/mol. The van der Waals surface area contributed by atoms with Crippen LogP contribution in [0.15, 0.2) is 30.6 Å². The van der Waals surface area contributed by atoms with Crippen molar-refractivity contribution in [3.63, 3.8) is 0 Å². The average molecular weight is 235 g/mol. The molecule has 2 rings (SSSR count).